The fourth-order valence-corrected chi connectivity index (χ4v) is 5.74. The van der Waals surface area contributed by atoms with Crippen molar-refractivity contribution in [1.29, 1.82) is 0 Å². The number of para-hydroxylation sites is 1. The first kappa shape index (κ1) is 34.3. The molecule has 0 spiro atoms. The Balaban J connectivity index is 1.28. The third kappa shape index (κ3) is 9.73. The van der Waals surface area contributed by atoms with E-state index in [0.29, 0.717) is 39.5 Å². The molecule has 5 heteroatoms. The molecule has 0 saturated carbocycles. The van der Waals surface area contributed by atoms with Crippen LogP contribution in [0, 0.1) is 0 Å². The van der Waals surface area contributed by atoms with E-state index in [4.69, 9.17) is 18.9 Å². The van der Waals surface area contributed by atoms with Crippen LogP contribution in [0.3, 0.4) is 0 Å². The van der Waals surface area contributed by atoms with E-state index in [-0.39, 0.29) is 6.61 Å². The summed E-state index contributed by atoms with van der Waals surface area (Å²) >= 11 is 0. The second-order valence-electron chi connectivity index (χ2n) is 11.8. The van der Waals surface area contributed by atoms with Gasteiger partial charge in [-0.25, -0.2) is 0 Å². The topological polar surface area (TPSA) is 57.2 Å². The predicted molar refractivity (Wildman–Crippen MR) is 200 cm³/mol. The van der Waals surface area contributed by atoms with E-state index < -0.39 is 0 Å². The van der Waals surface area contributed by atoms with E-state index in [1.807, 2.05) is 97.1 Å². The summed E-state index contributed by atoms with van der Waals surface area (Å²) in [6.45, 7) is 2.33. The Labute approximate surface area is 295 Å². The van der Waals surface area contributed by atoms with E-state index in [0.717, 1.165) is 61.8 Å². The van der Waals surface area contributed by atoms with Gasteiger partial charge in [0.15, 0.2) is 0 Å². The molecule has 0 aliphatic rings. The lowest BCUT2D eigenvalue weighted by Gasteiger charge is -2.20. The first-order valence-corrected chi connectivity index (χ1v) is 17.0. The van der Waals surface area contributed by atoms with Gasteiger partial charge in [0.05, 0.1) is 13.2 Å². The third-order valence-corrected chi connectivity index (χ3v) is 8.26. The summed E-state index contributed by atoms with van der Waals surface area (Å²) in [6.07, 6.45) is 0.445. The van der Waals surface area contributed by atoms with Crippen LogP contribution in [0.2, 0.25) is 0 Å². The molecule has 0 unspecified atom stereocenters. The van der Waals surface area contributed by atoms with Gasteiger partial charge in [-0.2, -0.15) is 0 Å². The largest absolute Gasteiger partial charge is 0.491 e. The SMILES string of the molecule is OCC/C(=C(\c1ccc(OCc2ccccc2)cc1)c1ccccc1OCCOCc1ccccc1)c1ccc(OCc2ccccc2)cc1. The lowest BCUT2D eigenvalue weighted by molar-refractivity contribution is 0.0888. The maximum atomic E-state index is 10.4. The molecular weight excluding hydrogens is 620 g/mol. The zero-order valence-corrected chi connectivity index (χ0v) is 28.1. The van der Waals surface area contributed by atoms with Gasteiger partial charge >= 0.3 is 0 Å². The van der Waals surface area contributed by atoms with E-state index in [1.165, 1.54) is 0 Å². The molecule has 1 N–H and O–H groups in total. The van der Waals surface area contributed by atoms with Gasteiger partial charge in [0.2, 0.25) is 0 Å². The van der Waals surface area contributed by atoms with Crippen LogP contribution in [0.4, 0.5) is 0 Å². The smallest absolute Gasteiger partial charge is 0.127 e. The van der Waals surface area contributed by atoms with Crippen molar-refractivity contribution < 1.29 is 24.1 Å². The third-order valence-electron chi connectivity index (χ3n) is 8.26. The van der Waals surface area contributed by atoms with Gasteiger partial charge in [-0.15, -0.1) is 0 Å². The van der Waals surface area contributed by atoms with Gasteiger partial charge in [-0.05, 0) is 75.7 Å². The zero-order chi connectivity index (χ0) is 34.2. The van der Waals surface area contributed by atoms with Crippen LogP contribution in [0.5, 0.6) is 17.2 Å². The summed E-state index contributed by atoms with van der Waals surface area (Å²) in [5, 5.41) is 10.4. The van der Waals surface area contributed by atoms with Crippen LogP contribution in [-0.2, 0) is 24.6 Å². The Hall–Kier alpha value is -5.62. The summed E-state index contributed by atoms with van der Waals surface area (Å²) in [7, 11) is 0. The Kier molecular flexibility index (Phi) is 12.5. The predicted octanol–water partition coefficient (Wildman–Crippen LogP) is 9.78. The van der Waals surface area contributed by atoms with Crippen molar-refractivity contribution in [3.63, 3.8) is 0 Å². The lowest BCUT2D eigenvalue weighted by Crippen LogP contribution is -2.08. The van der Waals surface area contributed by atoms with Gasteiger partial charge in [0.25, 0.3) is 0 Å². The molecule has 0 fully saturated rings. The minimum absolute atomic E-state index is 0.0142. The Bertz CT molecular complexity index is 1900. The maximum Gasteiger partial charge on any atom is 0.127 e. The van der Waals surface area contributed by atoms with E-state index in [9.17, 15) is 5.11 Å². The molecule has 0 saturated heterocycles. The van der Waals surface area contributed by atoms with Crippen LogP contribution >= 0.6 is 0 Å². The second kappa shape index (κ2) is 18.2. The number of aliphatic hydroxyl groups is 1. The maximum absolute atomic E-state index is 10.4. The molecular formula is C45H42O5. The van der Waals surface area contributed by atoms with Gasteiger partial charge in [0.1, 0.15) is 37.1 Å². The minimum atomic E-state index is -0.0142. The highest BCUT2D eigenvalue weighted by atomic mass is 16.5. The molecule has 50 heavy (non-hydrogen) atoms. The highest BCUT2D eigenvalue weighted by Gasteiger charge is 2.18. The summed E-state index contributed by atoms with van der Waals surface area (Å²) < 4.78 is 24.5. The van der Waals surface area contributed by atoms with Crippen molar-refractivity contribution in [3.8, 4) is 17.2 Å². The van der Waals surface area contributed by atoms with E-state index >= 15 is 0 Å². The first-order valence-electron chi connectivity index (χ1n) is 17.0. The highest BCUT2D eigenvalue weighted by Crippen LogP contribution is 2.39. The number of hydrogen-bond acceptors (Lipinski definition) is 5. The molecule has 6 rings (SSSR count). The second-order valence-corrected chi connectivity index (χ2v) is 11.8. The Morgan fingerprint density at radius 2 is 0.920 bits per heavy atom. The molecule has 0 aliphatic heterocycles. The van der Waals surface area contributed by atoms with Crippen molar-refractivity contribution in [2.24, 2.45) is 0 Å². The van der Waals surface area contributed by atoms with Crippen LogP contribution < -0.4 is 14.2 Å². The van der Waals surface area contributed by atoms with Crippen LogP contribution in [-0.4, -0.2) is 24.9 Å². The van der Waals surface area contributed by atoms with Crippen molar-refractivity contribution in [2.75, 3.05) is 19.8 Å². The molecule has 0 bridgehead atoms. The fraction of sp³-hybridized carbons (Fsp3) is 0.156. The van der Waals surface area contributed by atoms with Crippen molar-refractivity contribution in [3.05, 3.63) is 197 Å². The average molecular weight is 663 g/mol. The van der Waals surface area contributed by atoms with Gasteiger partial charge in [-0.1, -0.05) is 133 Å². The molecule has 0 radical (unpaired) electrons. The van der Waals surface area contributed by atoms with Crippen molar-refractivity contribution in [2.45, 2.75) is 26.2 Å². The van der Waals surface area contributed by atoms with Crippen LogP contribution in [0.25, 0.3) is 11.1 Å². The monoisotopic (exact) mass is 662 g/mol. The Morgan fingerprint density at radius 3 is 1.46 bits per heavy atom. The minimum Gasteiger partial charge on any atom is -0.491 e. The number of ether oxygens (including phenoxy) is 4. The quantitative estimate of drug-likeness (QED) is 0.0779. The average Bonchev–Trinajstić information content (AvgIpc) is 3.18. The molecule has 0 atom stereocenters. The van der Waals surface area contributed by atoms with Gasteiger partial charge in [-0.3, -0.25) is 0 Å². The molecule has 0 heterocycles. The summed E-state index contributed by atoms with van der Waals surface area (Å²) in [4.78, 5) is 0. The molecule has 0 aliphatic carbocycles. The number of benzene rings is 6. The molecule has 6 aromatic carbocycles. The molecule has 5 nitrogen and oxygen atoms in total. The van der Waals surface area contributed by atoms with Crippen molar-refractivity contribution in [1.82, 2.24) is 0 Å². The van der Waals surface area contributed by atoms with Gasteiger partial charge < -0.3 is 24.1 Å². The van der Waals surface area contributed by atoms with Crippen LogP contribution in [0.1, 0.15) is 39.8 Å². The number of hydrogen-bond donors (Lipinski definition) is 1. The zero-order valence-electron chi connectivity index (χ0n) is 28.1. The van der Waals surface area contributed by atoms with E-state index in [2.05, 4.69) is 66.7 Å². The highest BCUT2D eigenvalue weighted by molar-refractivity contribution is 6.00. The van der Waals surface area contributed by atoms with Crippen LogP contribution in [0.15, 0.2) is 164 Å². The molecule has 252 valence electrons. The summed E-state index contributed by atoms with van der Waals surface area (Å²) in [5.41, 5.74) is 8.23. The fourth-order valence-electron chi connectivity index (χ4n) is 5.74. The van der Waals surface area contributed by atoms with Crippen molar-refractivity contribution >= 4 is 11.1 Å². The lowest BCUT2D eigenvalue weighted by atomic mass is 9.87. The summed E-state index contributed by atoms with van der Waals surface area (Å²) in [6, 6.07) is 54.7. The first-order chi connectivity index (χ1) is 24.8. The molecule has 6 aromatic rings. The molecule has 0 amide bonds. The number of aliphatic hydroxyl groups excluding tert-OH is 1. The van der Waals surface area contributed by atoms with E-state index in [1.54, 1.807) is 0 Å². The Morgan fingerprint density at radius 1 is 0.440 bits per heavy atom. The van der Waals surface area contributed by atoms with Gasteiger partial charge in [0, 0.05) is 12.2 Å². The molecule has 0 aromatic heterocycles. The summed E-state index contributed by atoms with van der Waals surface area (Å²) in [5.74, 6) is 2.30. The number of rotatable bonds is 17. The normalized spacial score (nSPS) is 11.5. The standard InChI is InChI=1S/C45H42O5/c46-29-28-42(38-20-24-40(25-21-38)49-33-36-14-6-2-7-15-36)45(39-22-26-41(27-23-39)50-34-37-16-8-3-9-17-37)43-18-10-11-19-44(43)48-31-30-47-32-35-12-4-1-5-13-35/h1-27,46H,28-34H2/b45-42-.